The highest BCUT2D eigenvalue weighted by Crippen LogP contribution is 2.40. The van der Waals surface area contributed by atoms with Crippen LogP contribution in [-0.2, 0) is 21.3 Å². The molecule has 3 heterocycles. The van der Waals surface area contributed by atoms with Crippen LogP contribution in [0.1, 0.15) is 30.3 Å². The molecule has 0 saturated carbocycles. The Morgan fingerprint density at radius 1 is 1.27 bits per heavy atom. The number of carbonyl (C=O) groups excluding carboxylic acids is 1. The van der Waals surface area contributed by atoms with Crippen LogP contribution >= 0.6 is 15.9 Å². The Labute approximate surface area is 161 Å². The van der Waals surface area contributed by atoms with E-state index in [4.69, 9.17) is 14.2 Å². The molecule has 0 aliphatic carbocycles. The maximum atomic E-state index is 12.7. The minimum atomic E-state index is -0.439. The average molecular weight is 423 g/mol. The maximum Gasteiger partial charge on any atom is 0.357 e. The van der Waals surface area contributed by atoms with Gasteiger partial charge in [-0.05, 0) is 25.1 Å². The summed E-state index contributed by atoms with van der Waals surface area (Å²) >= 11 is 3.56. The van der Waals surface area contributed by atoms with E-state index in [0.717, 1.165) is 47.0 Å². The number of aromatic nitrogens is 1. The van der Waals surface area contributed by atoms with Crippen LogP contribution in [0.2, 0.25) is 0 Å². The number of anilines is 1. The molecular formula is C19H23BrN2O4. The fraction of sp³-hybridized carbons (Fsp3) is 0.526. The first kappa shape index (κ1) is 17.8. The molecular weight excluding hydrogens is 400 g/mol. The highest BCUT2D eigenvalue weighted by atomic mass is 79.9. The average Bonchev–Trinajstić information content (AvgIpc) is 3.19. The predicted molar refractivity (Wildman–Crippen MR) is 103 cm³/mol. The molecule has 1 aromatic carbocycles. The van der Waals surface area contributed by atoms with Gasteiger partial charge in [0.15, 0.2) is 11.5 Å². The van der Waals surface area contributed by atoms with E-state index in [-0.39, 0.29) is 5.97 Å². The van der Waals surface area contributed by atoms with E-state index in [0.29, 0.717) is 25.5 Å². The highest BCUT2D eigenvalue weighted by molar-refractivity contribution is 9.10. The first-order valence-corrected chi connectivity index (χ1v) is 9.82. The molecule has 2 aromatic rings. The number of piperidine rings is 1. The number of halogens is 1. The number of carbonyl (C=O) groups is 1. The molecule has 2 saturated heterocycles. The molecule has 4 rings (SSSR count). The van der Waals surface area contributed by atoms with Crippen molar-refractivity contribution < 1.29 is 19.0 Å². The second-order valence-electron chi connectivity index (χ2n) is 6.73. The largest absolute Gasteiger partial charge is 0.461 e. The second-order valence-corrected chi connectivity index (χ2v) is 7.65. The van der Waals surface area contributed by atoms with E-state index in [1.807, 2.05) is 30.7 Å². The predicted octanol–water partition coefficient (Wildman–Crippen LogP) is 3.46. The van der Waals surface area contributed by atoms with E-state index in [1.165, 1.54) is 0 Å². The first-order chi connectivity index (χ1) is 12.5. The number of aryl methyl sites for hydroxylation is 1. The van der Waals surface area contributed by atoms with Gasteiger partial charge in [-0.3, -0.25) is 0 Å². The lowest BCUT2D eigenvalue weighted by atomic mass is 10.0. The molecule has 0 bridgehead atoms. The van der Waals surface area contributed by atoms with Gasteiger partial charge in [0.2, 0.25) is 0 Å². The van der Waals surface area contributed by atoms with Crippen LogP contribution < -0.4 is 4.90 Å². The van der Waals surface area contributed by atoms with Crippen molar-refractivity contribution >= 4 is 38.5 Å². The lowest BCUT2D eigenvalue weighted by molar-refractivity contribution is -0.169. The molecule has 0 N–H and O–H groups in total. The van der Waals surface area contributed by atoms with Crippen LogP contribution in [-0.4, -0.2) is 49.2 Å². The molecule has 2 aliphatic heterocycles. The van der Waals surface area contributed by atoms with E-state index < -0.39 is 5.79 Å². The summed E-state index contributed by atoms with van der Waals surface area (Å²) in [5.74, 6) is -0.725. The topological polar surface area (TPSA) is 52.9 Å². The van der Waals surface area contributed by atoms with Gasteiger partial charge in [-0.1, -0.05) is 15.9 Å². The zero-order valence-electron chi connectivity index (χ0n) is 15.1. The van der Waals surface area contributed by atoms with Crippen molar-refractivity contribution in [3.63, 3.8) is 0 Å². The zero-order valence-corrected chi connectivity index (χ0v) is 16.7. The molecule has 1 aromatic heterocycles. The molecule has 0 atom stereocenters. The van der Waals surface area contributed by atoms with Crippen molar-refractivity contribution in [2.75, 3.05) is 37.8 Å². The fourth-order valence-corrected chi connectivity index (χ4v) is 4.37. The van der Waals surface area contributed by atoms with Crippen LogP contribution in [0.3, 0.4) is 0 Å². The van der Waals surface area contributed by atoms with Gasteiger partial charge >= 0.3 is 5.97 Å². The van der Waals surface area contributed by atoms with Gasteiger partial charge in [-0.2, -0.15) is 0 Å². The molecule has 7 heteroatoms. The summed E-state index contributed by atoms with van der Waals surface area (Å²) in [5.41, 5.74) is 2.55. The summed E-state index contributed by atoms with van der Waals surface area (Å²) in [6.07, 6.45) is 1.58. The highest BCUT2D eigenvalue weighted by Gasteiger charge is 2.41. The molecule has 2 aliphatic rings. The number of rotatable bonds is 3. The second kappa shape index (κ2) is 6.87. The number of hydrogen-bond acceptors (Lipinski definition) is 5. The van der Waals surface area contributed by atoms with Crippen molar-refractivity contribution in [1.82, 2.24) is 4.57 Å². The number of hydrogen-bond donors (Lipinski definition) is 0. The van der Waals surface area contributed by atoms with Gasteiger partial charge in [0.25, 0.3) is 0 Å². The summed E-state index contributed by atoms with van der Waals surface area (Å²) in [7, 11) is 1.92. The lowest BCUT2D eigenvalue weighted by Gasteiger charge is -2.38. The normalized spacial score (nSPS) is 19.4. The molecule has 140 valence electrons. The third-order valence-electron chi connectivity index (χ3n) is 5.26. The van der Waals surface area contributed by atoms with Gasteiger partial charge in [0.05, 0.1) is 31.0 Å². The van der Waals surface area contributed by atoms with Gasteiger partial charge in [-0.15, -0.1) is 0 Å². The minimum Gasteiger partial charge on any atom is -0.461 e. The Hall–Kier alpha value is -1.57. The Kier molecular flexibility index (Phi) is 4.71. The standard InChI is InChI=1S/C19H23BrN2O4/c1-3-24-18(23)17-16(14-12-13(20)4-5-15(14)21(17)2)22-8-6-19(7-9-22)25-10-11-26-19/h4-5,12H,3,6-11H2,1-2H3. The summed E-state index contributed by atoms with van der Waals surface area (Å²) in [6.45, 7) is 5.06. The summed E-state index contributed by atoms with van der Waals surface area (Å²) < 4.78 is 19.9. The quantitative estimate of drug-likeness (QED) is 0.708. The van der Waals surface area contributed by atoms with Gasteiger partial charge in [0.1, 0.15) is 0 Å². The number of benzene rings is 1. The summed E-state index contributed by atoms with van der Waals surface area (Å²) in [4.78, 5) is 15.0. The van der Waals surface area contributed by atoms with Crippen LogP contribution in [0.15, 0.2) is 22.7 Å². The Balaban J connectivity index is 1.76. The van der Waals surface area contributed by atoms with Crippen molar-refractivity contribution in [1.29, 1.82) is 0 Å². The molecule has 26 heavy (non-hydrogen) atoms. The summed E-state index contributed by atoms with van der Waals surface area (Å²) in [5, 5.41) is 1.05. The third-order valence-corrected chi connectivity index (χ3v) is 5.75. The fourth-order valence-electron chi connectivity index (χ4n) is 4.01. The van der Waals surface area contributed by atoms with Crippen LogP contribution in [0.4, 0.5) is 5.69 Å². The van der Waals surface area contributed by atoms with Crippen molar-refractivity contribution in [3.8, 4) is 0 Å². The van der Waals surface area contributed by atoms with E-state index in [2.05, 4.69) is 26.9 Å². The maximum absolute atomic E-state index is 12.7. The third kappa shape index (κ3) is 2.92. The molecule has 0 amide bonds. The van der Waals surface area contributed by atoms with Crippen LogP contribution in [0, 0.1) is 0 Å². The summed E-state index contributed by atoms with van der Waals surface area (Å²) in [6, 6.07) is 6.09. The van der Waals surface area contributed by atoms with Crippen LogP contribution in [0.25, 0.3) is 10.9 Å². The van der Waals surface area contributed by atoms with E-state index in [1.54, 1.807) is 0 Å². The Bertz CT molecular complexity index is 832. The minimum absolute atomic E-state index is 0.286. The van der Waals surface area contributed by atoms with Crippen LogP contribution in [0.5, 0.6) is 0 Å². The molecule has 6 nitrogen and oxygen atoms in total. The Morgan fingerprint density at radius 2 is 1.96 bits per heavy atom. The van der Waals surface area contributed by atoms with Crippen molar-refractivity contribution in [2.45, 2.75) is 25.6 Å². The van der Waals surface area contributed by atoms with E-state index >= 15 is 0 Å². The van der Waals surface area contributed by atoms with Crippen molar-refractivity contribution in [3.05, 3.63) is 28.4 Å². The number of ether oxygens (including phenoxy) is 3. The number of nitrogens with zero attached hydrogens (tertiary/aromatic N) is 2. The van der Waals surface area contributed by atoms with E-state index in [9.17, 15) is 4.79 Å². The Morgan fingerprint density at radius 3 is 2.62 bits per heavy atom. The van der Waals surface area contributed by atoms with Gasteiger partial charge in [0, 0.05) is 42.8 Å². The molecule has 2 fully saturated rings. The molecule has 0 unspecified atom stereocenters. The molecule has 0 radical (unpaired) electrons. The smallest absolute Gasteiger partial charge is 0.357 e. The lowest BCUT2D eigenvalue weighted by Crippen LogP contribution is -2.45. The number of esters is 1. The van der Waals surface area contributed by atoms with Crippen molar-refractivity contribution in [2.24, 2.45) is 7.05 Å². The monoisotopic (exact) mass is 422 g/mol. The number of fused-ring (bicyclic) bond motifs is 1. The van der Waals surface area contributed by atoms with Gasteiger partial charge < -0.3 is 23.7 Å². The zero-order chi connectivity index (χ0) is 18.3. The SMILES string of the molecule is CCOC(=O)c1c(N2CCC3(CC2)OCCO3)c2cc(Br)ccc2n1C. The first-order valence-electron chi connectivity index (χ1n) is 9.02. The van der Waals surface area contributed by atoms with Gasteiger partial charge in [-0.25, -0.2) is 4.79 Å². The molecule has 1 spiro atoms.